The van der Waals surface area contributed by atoms with Crippen LogP contribution in [0.2, 0.25) is 0 Å². The fourth-order valence-corrected chi connectivity index (χ4v) is 3.99. The highest BCUT2D eigenvalue weighted by molar-refractivity contribution is 5.88. The van der Waals surface area contributed by atoms with E-state index >= 15 is 0 Å². The van der Waals surface area contributed by atoms with Crippen LogP contribution in [0.5, 0.6) is 0 Å². The van der Waals surface area contributed by atoms with Crippen molar-refractivity contribution < 1.29 is 9.53 Å². The van der Waals surface area contributed by atoms with E-state index in [1.54, 1.807) is 6.20 Å². The number of aryl methyl sites for hydroxylation is 1. The highest BCUT2D eigenvalue weighted by atomic mass is 16.5. The first-order valence-corrected chi connectivity index (χ1v) is 8.34. The van der Waals surface area contributed by atoms with Crippen LogP contribution in [0.4, 0.5) is 0 Å². The Morgan fingerprint density at radius 1 is 1.52 bits per heavy atom. The van der Waals surface area contributed by atoms with Gasteiger partial charge < -0.3 is 9.64 Å². The maximum atomic E-state index is 12.8. The van der Waals surface area contributed by atoms with Crippen molar-refractivity contribution in [3.8, 4) is 6.07 Å². The first-order chi connectivity index (χ1) is 11.1. The minimum atomic E-state index is -0.734. The summed E-state index contributed by atoms with van der Waals surface area (Å²) in [5.74, 6) is 0.365. The van der Waals surface area contributed by atoms with Crippen molar-refractivity contribution in [3.63, 3.8) is 0 Å². The molecule has 0 radical (unpaired) electrons. The molecule has 1 saturated heterocycles. The van der Waals surface area contributed by atoms with Gasteiger partial charge in [0.1, 0.15) is 5.41 Å². The van der Waals surface area contributed by atoms with E-state index < -0.39 is 5.41 Å². The summed E-state index contributed by atoms with van der Waals surface area (Å²) in [4.78, 5) is 14.7. The second-order valence-corrected chi connectivity index (χ2v) is 6.99. The average Bonchev–Trinajstić information content (AvgIpc) is 3.12. The number of nitrogens with zero attached hydrogens (tertiary/aromatic N) is 5. The van der Waals surface area contributed by atoms with E-state index in [0.29, 0.717) is 31.9 Å². The zero-order chi connectivity index (χ0) is 16.0. The molecule has 23 heavy (non-hydrogen) atoms. The van der Waals surface area contributed by atoms with Gasteiger partial charge in [0.25, 0.3) is 0 Å². The maximum absolute atomic E-state index is 12.8. The standard InChI is InChI=1S/C16H21N5O2/c1-11-8-18-19-21(11)9-12-2-3-13-14(12)23-7-6-20(13)15(22)16(10-17)4-5-16/h8,12-14H,2-7,9H2,1H3. The van der Waals surface area contributed by atoms with Crippen LogP contribution in [0.3, 0.4) is 0 Å². The van der Waals surface area contributed by atoms with Gasteiger partial charge in [0.15, 0.2) is 0 Å². The molecule has 1 aliphatic heterocycles. The van der Waals surface area contributed by atoms with Gasteiger partial charge in [-0.3, -0.25) is 4.79 Å². The SMILES string of the molecule is Cc1cnnn1CC1CCC2C1OCCN2C(=O)C1(C#N)CC1. The van der Waals surface area contributed by atoms with Crippen LogP contribution in [-0.2, 0) is 16.1 Å². The van der Waals surface area contributed by atoms with Crippen molar-refractivity contribution in [1.29, 1.82) is 5.26 Å². The number of nitriles is 1. The van der Waals surface area contributed by atoms with Crippen LogP contribution in [-0.4, -0.2) is 51.1 Å². The summed E-state index contributed by atoms with van der Waals surface area (Å²) < 4.78 is 7.92. The van der Waals surface area contributed by atoms with Gasteiger partial charge in [0.05, 0.1) is 36.7 Å². The average molecular weight is 315 g/mol. The van der Waals surface area contributed by atoms with Crippen LogP contribution >= 0.6 is 0 Å². The molecule has 1 aromatic heterocycles. The molecule has 1 aromatic rings. The second kappa shape index (κ2) is 5.31. The molecule has 3 aliphatic rings. The summed E-state index contributed by atoms with van der Waals surface area (Å²) in [6, 6.07) is 2.34. The minimum Gasteiger partial charge on any atom is -0.374 e. The van der Waals surface area contributed by atoms with E-state index in [1.807, 2.05) is 16.5 Å². The number of carbonyl (C=O) groups is 1. The minimum absolute atomic E-state index is 0.0240. The molecule has 7 nitrogen and oxygen atoms in total. The molecule has 1 amide bonds. The maximum Gasteiger partial charge on any atom is 0.243 e. The zero-order valence-electron chi connectivity index (χ0n) is 13.3. The van der Waals surface area contributed by atoms with Crippen molar-refractivity contribution in [2.24, 2.45) is 11.3 Å². The van der Waals surface area contributed by atoms with Crippen molar-refractivity contribution in [3.05, 3.63) is 11.9 Å². The molecule has 0 spiro atoms. The molecule has 7 heteroatoms. The molecule has 2 heterocycles. The first-order valence-electron chi connectivity index (χ1n) is 8.34. The molecule has 3 atom stereocenters. The van der Waals surface area contributed by atoms with Gasteiger partial charge in [-0.05, 0) is 32.6 Å². The van der Waals surface area contributed by atoms with Crippen molar-refractivity contribution in [2.75, 3.05) is 13.2 Å². The van der Waals surface area contributed by atoms with Crippen molar-refractivity contribution in [1.82, 2.24) is 19.9 Å². The Balaban J connectivity index is 1.49. The van der Waals surface area contributed by atoms with Gasteiger partial charge in [0.2, 0.25) is 5.91 Å². The number of ether oxygens (including phenoxy) is 1. The Hall–Kier alpha value is -1.94. The zero-order valence-corrected chi connectivity index (χ0v) is 13.3. The van der Waals surface area contributed by atoms with Crippen LogP contribution in [0.1, 0.15) is 31.4 Å². The molecule has 2 aliphatic carbocycles. The van der Waals surface area contributed by atoms with Gasteiger partial charge in [-0.2, -0.15) is 5.26 Å². The predicted octanol–water partition coefficient (Wildman–Crippen LogP) is 0.896. The number of hydrogen-bond acceptors (Lipinski definition) is 5. The topological polar surface area (TPSA) is 84.0 Å². The van der Waals surface area contributed by atoms with Crippen LogP contribution in [0.25, 0.3) is 0 Å². The number of amides is 1. The number of fused-ring (bicyclic) bond motifs is 1. The summed E-state index contributed by atoms with van der Waals surface area (Å²) >= 11 is 0. The summed E-state index contributed by atoms with van der Waals surface area (Å²) in [7, 11) is 0. The van der Waals surface area contributed by atoms with Gasteiger partial charge in [-0.25, -0.2) is 4.68 Å². The van der Waals surface area contributed by atoms with Crippen LogP contribution < -0.4 is 0 Å². The molecule has 4 rings (SSSR count). The second-order valence-electron chi connectivity index (χ2n) is 6.99. The Bertz CT molecular complexity index is 660. The first kappa shape index (κ1) is 14.6. The van der Waals surface area contributed by atoms with Gasteiger partial charge >= 0.3 is 0 Å². The number of aromatic nitrogens is 3. The third kappa shape index (κ3) is 2.32. The van der Waals surface area contributed by atoms with Crippen LogP contribution in [0.15, 0.2) is 6.20 Å². The normalized spacial score (nSPS) is 31.5. The van der Waals surface area contributed by atoms with Crippen molar-refractivity contribution in [2.45, 2.75) is 51.3 Å². The quantitative estimate of drug-likeness (QED) is 0.827. The van der Waals surface area contributed by atoms with E-state index in [4.69, 9.17) is 4.74 Å². The highest BCUT2D eigenvalue weighted by Gasteiger charge is 2.56. The lowest BCUT2D eigenvalue weighted by molar-refractivity contribution is -0.150. The lowest BCUT2D eigenvalue weighted by atomic mass is 10.00. The fourth-order valence-electron chi connectivity index (χ4n) is 3.99. The lowest BCUT2D eigenvalue weighted by Gasteiger charge is -2.40. The molecule has 0 aromatic carbocycles. The summed E-state index contributed by atoms with van der Waals surface area (Å²) in [6.07, 6.45) is 5.17. The Labute approximate surface area is 135 Å². The molecule has 0 N–H and O–H groups in total. The summed E-state index contributed by atoms with van der Waals surface area (Å²) in [6.45, 7) is 3.94. The third-order valence-electron chi connectivity index (χ3n) is 5.57. The molecule has 3 unspecified atom stereocenters. The molecule has 3 fully saturated rings. The summed E-state index contributed by atoms with van der Waals surface area (Å²) in [5, 5.41) is 17.4. The third-order valence-corrected chi connectivity index (χ3v) is 5.57. The van der Waals surface area contributed by atoms with E-state index in [1.165, 1.54) is 0 Å². The number of rotatable bonds is 3. The monoisotopic (exact) mass is 315 g/mol. The van der Waals surface area contributed by atoms with E-state index in [-0.39, 0.29) is 18.1 Å². The van der Waals surface area contributed by atoms with Gasteiger partial charge in [-0.15, -0.1) is 5.10 Å². The largest absolute Gasteiger partial charge is 0.374 e. The van der Waals surface area contributed by atoms with E-state index in [0.717, 1.165) is 25.1 Å². The van der Waals surface area contributed by atoms with E-state index in [9.17, 15) is 10.1 Å². The number of carbonyl (C=O) groups excluding carboxylic acids is 1. The molecular weight excluding hydrogens is 294 g/mol. The molecule has 2 saturated carbocycles. The van der Waals surface area contributed by atoms with Crippen molar-refractivity contribution >= 4 is 5.91 Å². The lowest BCUT2D eigenvalue weighted by Crippen LogP contribution is -2.54. The Kier molecular flexibility index (Phi) is 3.38. The highest BCUT2D eigenvalue weighted by Crippen LogP contribution is 2.48. The summed E-state index contributed by atoms with van der Waals surface area (Å²) in [5.41, 5.74) is 0.307. The fraction of sp³-hybridized carbons (Fsp3) is 0.750. The smallest absolute Gasteiger partial charge is 0.243 e. The van der Waals surface area contributed by atoms with E-state index in [2.05, 4.69) is 16.4 Å². The Morgan fingerprint density at radius 3 is 3.00 bits per heavy atom. The molecule has 122 valence electrons. The molecule has 0 bridgehead atoms. The van der Waals surface area contributed by atoms with Gasteiger partial charge in [-0.1, -0.05) is 5.21 Å². The van der Waals surface area contributed by atoms with Gasteiger partial charge in [0, 0.05) is 19.0 Å². The molecular formula is C16H21N5O2. The number of morpholine rings is 1. The Morgan fingerprint density at radius 2 is 2.35 bits per heavy atom. The predicted molar refractivity (Wildman–Crippen MR) is 80.0 cm³/mol. The van der Waals surface area contributed by atoms with Crippen LogP contribution in [0, 0.1) is 29.6 Å². The number of hydrogen-bond donors (Lipinski definition) is 0.